The van der Waals surface area contributed by atoms with E-state index in [-0.39, 0.29) is 22.8 Å². The zero-order valence-electron chi connectivity index (χ0n) is 13.0. The van der Waals surface area contributed by atoms with Crippen molar-refractivity contribution in [3.63, 3.8) is 0 Å². The van der Waals surface area contributed by atoms with Gasteiger partial charge in [-0.25, -0.2) is 9.78 Å². The van der Waals surface area contributed by atoms with E-state index in [1.54, 1.807) is 0 Å². The second-order valence-corrected chi connectivity index (χ2v) is 5.28. The lowest BCUT2D eigenvalue weighted by Gasteiger charge is -2.01. The van der Waals surface area contributed by atoms with E-state index >= 15 is 0 Å². The van der Waals surface area contributed by atoms with Gasteiger partial charge in [-0.2, -0.15) is 0 Å². The first kappa shape index (κ1) is 16.3. The molecule has 3 rings (SSSR count). The number of hydrogen-bond acceptors (Lipinski definition) is 6. The lowest BCUT2D eigenvalue weighted by atomic mass is 10.1. The second-order valence-electron chi connectivity index (χ2n) is 5.28. The first-order chi connectivity index (χ1) is 12.0. The van der Waals surface area contributed by atoms with Crippen molar-refractivity contribution >= 4 is 11.9 Å². The minimum absolute atomic E-state index is 0.0358. The number of nitrogens with zero attached hydrogens (tertiary/aromatic N) is 3. The highest BCUT2D eigenvalue weighted by Gasteiger charge is 2.17. The molecule has 0 radical (unpaired) electrons. The number of aryl methyl sites for hydroxylation is 2. The quantitative estimate of drug-likeness (QED) is 0.699. The molecule has 126 valence electrons. The van der Waals surface area contributed by atoms with E-state index in [1.165, 1.54) is 6.07 Å². The SMILES string of the molecule is NC(=O)c1cc(C(=O)O)cc(-c2nnc(CCc3ccccc3)o2)n1. The molecule has 3 N–H and O–H groups in total. The van der Waals surface area contributed by atoms with Crippen molar-refractivity contribution in [3.8, 4) is 11.6 Å². The highest BCUT2D eigenvalue weighted by atomic mass is 16.4. The predicted molar refractivity (Wildman–Crippen MR) is 86.9 cm³/mol. The molecule has 8 nitrogen and oxygen atoms in total. The molecule has 0 aliphatic carbocycles. The molecule has 0 saturated carbocycles. The molecular weight excluding hydrogens is 324 g/mol. The number of nitrogens with two attached hydrogens (primary N) is 1. The summed E-state index contributed by atoms with van der Waals surface area (Å²) in [4.78, 5) is 26.5. The van der Waals surface area contributed by atoms with Crippen LogP contribution in [-0.2, 0) is 12.8 Å². The Morgan fingerprint density at radius 1 is 1.08 bits per heavy atom. The Hall–Kier alpha value is -3.55. The minimum atomic E-state index is -1.21. The topological polar surface area (TPSA) is 132 Å². The first-order valence-electron chi connectivity index (χ1n) is 7.45. The normalized spacial score (nSPS) is 10.6. The number of rotatable bonds is 6. The minimum Gasteiger partial charge on any atom is -0.478 e. The van der Waals surface area contributed by atoms with Crippen molar-refractivity contribution in [1.29, 1.82) is 0 Å². The monoisotopic (exact) mass is 338 g/mol. The molecule has 1 amide bonds. The van der Waals surface area contributed by atoms with Gasteiger partial charge < -0.3 is 15.3 Å². The third kappa shape index (κ3) is 3.86. The summed E-state index contributed by atoms with van der Waals surface area (Å²) in [5, 5.41) is 16.9. The van der Waals surface area contributed by atoms with E-state index in [4.69, 9.17) is 15.3 Å². The van der Waals surface area contributed by atoms with Crippen molar-refractivity contribution in [2.75, 3.05) is 0 Å². The van der Waals surface area contributed by atoms with E-state index in [9.17, 15) is 9.59 Å². The molecule has 0 spiro atoms. The highest BCUT2D eigenvalue weighted by Crippen LogP contribution is 2.19. The van der Waals surface area contributed by atoms with Crippen molar-refractivity contribution in [3.05, 3.63) is 65.2 Å². The van der Waals surface area contributed by atoms with Gasteiger partial charge in [-0.05, 0) is 24.1 Å². The summed E-state index contributed by atoms with van der Waals surface area (Å²) in [7, 11) is 0. The van der Waals surface area contributed by atoms with Crippen LogP contribution in [0.2, 0.25) is 0 Å². The fourth-order valence-corrected chi connectivity index (χ4v) is 2.24. The summed E-state index contributed by atoms with van der Waals surface area (Å²) in [6.45, 7) is 0. The number of carbonyl (C=O) groups is 2. The van der Waals surface area contributed by atoms with Gasteiger partial charge in [-0.15, -0.1) is 10.2 Å². The van der Waals surface area contributed by atoms with Crippen LogP contribution in [-0.4, -0.2) is 32.2 Å². The number of carboxylic acids is 1. The van der Waals surface area contributed by atoms with Crippen LogP contribution in [0.5, 0.6) is 0 Å². The molecule has 0 saturated heterocycles. The maximum Gasteiger partial charge on any atom is 0.335 e. The summed E-state index contributed by atoms with van der Waals surface area (Å²) in [6, 6.07) is 12.2. The van der Waals surface area contributed by atoms with Crippen LogP contribution in [0.15, 0.2) is 46.9 Å². The van der Waals surface area contributed by atoms with Crippen LogP contribution < -0.4 is 5.73 Å². The summed E-state index contributed by atoms with van der Waals surface area (Å²) in [5.74, 6) is -1.63. The molecule has 1 aromatic carbocycles. The van der Waals surface area contributed by atoms with Gasteiger partial charge in [-0.3, -0.25) is 4.79 Å². The Morgan fingerprint density at radius 3 is 2.52 bits per heavy atom. The van der Waals surface area contributed by atoms with Gasteiger partial charge in [0, 0.05) is 6.42 Å². The third-order valence-electron chi connectivity index (χ3n) is 3.48. The predicted octanol–water partition coefficient (Wildman–Crippen LogP) is 1.71. The molecule has 3 aromatic rings. The molecule has 0 aliphatic rings. The molecule has 0 bridgehead atoms. The zero-order valence-corrected chi connectivity index (χ0v) is 13.0. The van der Waals surface area contributed by atoms with Crippen LogP contribution in [0.4, 0.5) is 0 Å². The summed E-state index contributed by atoms with van der Waals surface area (Å²) < 4.78 is 5.53. The van der Waals surface area contributed by atoms with Crippen LogP contribution in [0.1, 0.15) is 32.3 Å². The number of aromatic nitrogens is 3. The number of aromatic carboxylic acids is 1. The van der Waals surface area contributed by atoms with Crippen molar-refractivity contribution in [1.82, 2.24) is 15.2 Å². The van der Waals surface area contributed by atoms with E-state index in [0.717, 1.165) is 18.1 Å². The lowest BCUT2D eigenvalue weighted by Crippen LogP contribution is -2.15. The number of benzene rings is 1. The molecule has 25 heavy (non-hydrogen) atoms. The molecule has 0 unspecified atom stereocenters. The fourth-order valence-electron chi connectivity index (χ4n) is 2.24. The van der Waals surface area contributed by atoms with Crippen molar-refractivity contribution < 1.29 is 19.1 Å². The summed E-state index contributed by atoms with van der Waals surface area (Å²) >= 11 is 0. The molecule has 0 aliphatic heterocycles. The number of amides is 1. The fraction of sp³-hybridized carbons (Fsp3) is 0.118. The van der Waals surface area contributed by atoms with Crippen molar-refractivity contribution in [2.24, 2.45) is 5.73 Å². The summed E-state index contributed by atoms with van der Waals surface area (Å²) in [5.41, 5.74) is 6.09. The number of carboxylic acid groups (broad SMARTS) is 1. The van der Waals surface area contributed by atoms with Gasteiger partial charge in [0.05, 0.1) is 5.56 Å². The average molecular weight is 338 g/mol. The molecule has 0 fully saturated rings. The Labute approximate surface area is 142 Å². The molecule has 2 aromatic heterocycles. The second kappa shape index (κ2) is 6.91. The van der Waals surface area contributed by atoms with E-state index in [2.05, 4.69) is 15.2 Å². The molecule has 0 atom stereocenters. The number of hydrogen-bond donors (Lipinski definition) is 2. The van der Waals surface area contributed by atoms with Gasteiger partial charge >= 0.3 is 5.97 Å². The number of primary amides is 1. The van der Waals surface area contributed by atoms with Gasteiger partial charge in [0.1, 0.15) is 11.4 Å². The summed E-state index contributed by atoms with van der Waals surface area (Å²) in [6.07, 6.45) is 1.25. The molecule has 2 heterocycles. The zero-order chi connectivity index (χ0) is 17.8. The lowest BCUT2D eigenvalue weighted by molar-refractivity contribution is 0.0697. The highest BCUT2D eigenvalue weighted by molar-refractivity contribution is 5.96. The maximum atomic E-state index is 11.3. The van der Waals surface area contributed by atoms with Gasteiger partial charge in [0.15, 0.2) is 0 Å². The first-order valence-corrected chi connectivity index (χ1v) is 7.45. The van der Waals surface area contributed by atoms with E-state index in [0.29, 0.717) is 12.3 Å². The van der Waals surface area contributed by atoms with Crippen molar-refractivity contribution in [2.45, 2.75) is 12.8 Å². The van der Waals surface area contributed by atoms with Crippen LogP contribution in [0.25, 0.3) is 11.6 Å². The van der Waals surface area contributed by atoms with E-state index < -0.39 is 11.9 Å². The standard InChI is InChI=1S/C17H14N4O4/c18-15(22)12-8-11(17(23)24)9-13(19-12)16-21-20-14(25-16)7-6-10-4-2-1-3-5-10/h1-5,8-9H,6-7H2,(H2,18,22)(H,23,24). The van der Waals surface area contributed by atoms with Crippen LogP contribution in [0.3, 0.4) is 0 Å². The smallest absolute Gasteiger partial charge is 0.335 e. The third-order valence-corrected chi connectivity index (χ3v) is 3.48. The average Bonchev–Trinajstić information content (AvgIpc) is 3.09. The van der Waals surface area contributed by atoms with Crippen LogP contribution in [0, 0.1) is 0 Å². The number of pyridine rings is 1. The maximum absolute atomic E-state index is 11.3. The Morgan fingerprint density at radius 2 is 1.84 bits per heavy atom. The largest absolute Gasteiger partial charge is 0.478 e. The van der Waals surface area contributed by atoms with Gasteiger partial charge in [0.25, 0.3) is 11.8 Å². The number of carbonyl (C=O) groups excluding carboxylic acids is 1. The molecular formula is C17H14N4O4. The molecule has 8 heteroatoms. The Bertz CT molecular complexity index is 889. The van der Waals surface area contributed by atoms with Crippen LogP contribution >= 0.6 is 0 Å². The van der Waals surface area contributed by atoms with Gasteiger partial charge in [-0.1, -0.05) is 30.3 Å². The Kier molecular flexibility index (Phi) is 4.51. The Balaban J connectivity index is 1.84. The van der Waals surface area contributed by atoms with E-state index in [1.807, 2.05) is 30.3 Å². The van der Waals surface area contributed by atoms with Gasteiger partial charge in [0.2, 0.25) is 5.89 Å².